The van der Waals surface area contributed by atoms with Crippen LogP contribution in [0.1, 0.15) is 201 Å². The summed E-state index contributed by atoms with van der Waals surface area (Å²) in [6, 6.07) is 0. The van der Waals surface area contributed by atoms with Crippen LogP contribution in [0.25, 0.3) is 0 Å². The molecule has 0 N–H and O–H groups in total. The number of hydrogen-bond acceptors (Lipinski definition) is 6. The molecule has 0 fully saturated rings. The summed E-state index contributed by atoms with van der Waals surface area (Å²) in [5.41, 5.74) is 0. The average Bonchev–Trinajstić information content (AvgIpc) is 3.21. The van der Waals surface area contributed by atoms with Crippen molar-refractivity contribution in [3.8, 4) is 0 Å². The molecule has 0 spiro atoms. The van der Waals surface area contributed by atoms with Gasteiger partial charge in [0.1, 0.15) is 13.2 Å². The molecule has 0 heterocycles. The van der Waals surface area contributed by atoms with Crippen LogP contribution in [-0.2, 0) is 28.6 Å². The molecule has 6 heteroatoms. The summed E-state index contributed by atoms with van der Waals surface area (Å²) in [5, 5.41) is 0. The van der Waals surface area contributed by atoms with Crippen molar-refractivity contribution in [2.24, 2.45) is 0 Å². The molecule has 1 atom stereocenters. The quantitative estimate of drug-likeness (QED) is 0.0202. The molecule has 0 radical (unpaired) electrons. The molecule has 0 saturated carbocycles. The molecule has 0 aliphatic carbocycles. The van der Waals surface area contributed by atoms with Crippen LogP contribution in [0.5, 0.6) is 0 Å². The van der Waals surface area contributed by atoms with Gasteiger partial charge in [0.05, 0.1) is 0 Å². The molecule has 324 valence electrons. The Labute approximate surface area is 350 Å². The fourth-order valence-corrected chi connectivity index (χ4v) is 5.89. The largest absolute Gasteiger partial charge is 0.462 e. The van der Waals surface area contributed by atoms with E-state index in [1.54, 1.807) is 0 Å². The first-order valence-corrected chi connectivity index (χ1v) is 23.1. The number of ether oxygens (including phenoxy) is 3. The molecule has 1 unspecified atom stereocenters. The molecule has 0 aromatic rings. The Kier molecular flexibility index (Phi) is 42.6. The molecule has 0 bridgehead atoms. The second-order valence-corrected chi connectivity index (χ2v) is 15.0. The monoisotopic (exact) mass is 793 g/mol. The van der Waals surface area contributed by atoms with Gasteiger partial charge in [-0.3, -0.25) is 14.4 Å². The smallest absolute Gasteiger partial charge is 0.306 e. The summed E-state index contributed by atoms with van der Waals surface area (Å²) in [4.78, 5) is 37.7. The second kappa shape index (κ2) is 45.3. The normalized spacial score (nSPS) is 12.8. The Morgan fingerprint density at radius 3 is 1.26 bits per heavy atom. The van der Waals surface area contributed by atoms with E-state index in [4.69, 9.17) is 14.2 Å². The van der Waals surface area contributed by atoms with Crippen LogP contribution in [-0.4, -0.2) is 37.2 Å². The van der Waals surface area contributed by atoms with E-state index in [1.807, 2.05) is 0 Å². The number of carbonyl (C=O) groups excluding carboxylic acids is 3. The maximum absolute atomic E-state index is 12.7. The fraction of sp³-hybridized carbons (Fsp3) is 0.667. The highest BCUT2D eigenvalue weighted by Crippen LogP contribution is 2.11. The third-order valence-electron chi connectivity index (χ3n) is 9.41. The number of rotatable bonds is 40. The first-order valence-electron chi connectivity index (χ1n) is 23.1. The van der Waals surface area contributed by atoms with E-state index in [0.29, 0.717) is 19.3 Å². The van der Waals surface area contributed by atoms with E-state index in [0.717, 1.165) is 96.3 Å². The number of carbonyl (C=O) groups is 3. The number of esters is 3. The number of unbranched alkanes of at least 4 members (excludes halogenated alkanes) is 17. The van der Waals surface area contributed by atoms with Crippen LogP contribution in [0, 0.1) is 0 Å². The Morgan fingerprint density at radius 1 is 0.386 bits per heavy atom. The zero-order chi connectivity index (χ0) is 41.5. The standard InChI is InChI=1S/C51H84O6/c1-4-7-10-13-16-19-22-24-25-26-27-30-32-35-38-41-44-50(53)56-47-48(46-55-49(52)43-40-37-34-31-28-21-18-15-12-9-6-3)57-51(54)45-42-39-36-33-29-23-20-17-14-11-8-5-2/h8,11,15,17-18,20-21,25-30,33,48H,4-7,9-10,12-14,16,19,22-24,31-32,34-47H2,1-3H3/b11-8-,18-15-,20-17-,26-25-,28-21-,30-27-,33-29-. The zero-order valence-corrected chi connectivity index (χ0v) is 36.8. The predicted octanol–water partition coefficient (Wildman–Crippen LogP) is 14.9. The van der Waals surface area contributed by atoms with E-state index in [1.165, 1.54) is 57.8 Å². The van der Waals surface area contributed by atoms with Crippen LogP contribution in [0.15, 0.2) is 85.1 Å². The molecular formula is C51H84O6. The topological polar surface area (TPSA) is 78.9 Å². The minimum atomic E-state index is -0.816. The Morgan fingerprint density at radius 2 is 0.754 bits per heavy atom. The number of hydrogen-bond donors (Lipinski definition) is 0. The van der Waals surface area contributed by atoms with Gasteiger partial charge in [-0.1, -0.05) is 170 Å². The molecule has 0 aromatic carbocycles. The van der Waals surface area contributed by atoms with Gasteiger partial charge in [0.15, 0.2) is 6.10 Å². The van der Waals surface area contributed by atoms with Crippen LogP contribution in [0.4, 0.5) is 0 Å². The highest BCUT2D eigenvalue weighted by molar-refractivity contribution is 5.71. The third kappa shape index (κ3) is 43.6. The van der Waals surface area contributed by atoms with E-state index < -0.39 is 6.10 Å². The van der Waals surface area contributed by atoms with Gasteiger partial charge in [-0.2, -0.15) is 0 Å². The van der Waals surface area contributed by atoms with Crippen LogP contribution in [0.2, 0.25) is 0 Å². The lowest BCUT2D eigenvalue weighted by Crippen LogP contribution is -2.30. The van der Waals surface area contributed by atoms with Crippen molar-refractivity contribution in [3.05, 3.63) is 85.1 Å². The Bertz CT molecular complexity index is 1140. The van der Waals surface area contributed by atoms with Crippen LogP contribution in [0.3, 0.4) is 0 Å². The molecule has 0 aliphatic heterocycles. The van der Waals surface area contributed by atoms with Crippen molar-refractivity contribution in [1.29, 1.82) is 0 Å². The van der Waals surface area contributed by atoms with Crippen LogP contribution >= 0.6 is 0 Å². The maximum Gasteiger partial charge on any atom is 0.306 e. The van der Waals surface area contributed by atoms with Gasteiger partial charge in [0.2, 0.25) is 0 Å². The lowest BCUT2D eigenvalue weighted by molar-refractivity contribution is -0.167. The fourth-order valence-electron chi connectivity index (χ4n) is 5.89. The van der Waals surface area contributed by atoms with E-state index >= 15 is 0 Å². The van der Waals surface area contributed by atoms with Gasteiger partial charge in [-0.15, -0.1) is 0 Å². The van der Waals surface area contributed by atoms with Gasteiger partial charge in [-0.05, 0) is 96.3 Å². The lowest BCUT2D eigenvalue weighted by Gasteiger charge is -2.18. The molecule has 0 rings (SSSR count). The minimum Gasteiger partial charge on any atom is -0.462 e. The molecule has 0 aliphatic rings. The minimum absolute atomic E-state index is 0.116. The summed E-state index contributed by atoms with van der Waals surface area (Å²) in [7, 11) is 0. The molecular weight excluding hydrogens is 709 g/mol. The van der Waals surface area contributed by atoms with Gasteiger partial charge in [-0.25, -0.2) is 0 Å². The lowest BCUT2D eigenvalue weighted by atomic mass is 10.1. The zero-order valence-electron chi connectivity index (χ0n) is 36.8. The Hall–Kier alpha value is -3.41. The van der Waals surface area contributed by atoms with Crippen molar-refractivity contribution >= 4 is 17.9 Å². The summed E-state index contributed by atoms with van der Waals surface area (Å²) in [5.74, 6) is -1.02. The summed E-state index contributed by atoms with van der Waals surface area (Å²) < 4.78 is 16.6. The van der Waals surface area contributed by atoms with Crippen molar-refractivity contribution < 1.29 is 28.6 Å². The molecule has 0 saturated heterocycles. The van der Waals surface area contributed by atoms with Crippen molar-refractivity contribution in [1.82, 2.24) is 0 Å². The first kappa shape index (κ1) is 53.6. The average molecular weight is 793 g/mol. The number of allylic oxidation sites excluding steroid dienone is 14. The Balaban J connectivity index is 4.51. The van der Waals surface area contributed by atoms with Crippen molar-refractivity contribution in [2.45, 2.75) is 207 Å². The highest BCUT2D eigenvalue weighted by atomic mass is 16.6. The first-order chi connectivity index (χ1) is 28.0. The van der Waals surface area contributed by atoms with E-state index in [9.17, 15) is 14.4 Å². The molecule has 0 aromatic heterocycles. The van der Waals surface area contributed by atoms with Crippen LogP contribution < -0.4 is 0 Å². The van der Waals surface area contributed by atoms with Gasteiger partial charge in [0.25, 0.3) is 0 Å². The maximum atomic E-state index is 12.7. The predicted molar refractivity (Wildman–Crippen MR) is 242 cm³/mol. The van der Waals surface area contributed by atoms with E-state index in [2.05, 4.69) is 106 Å². The summed E-state index contributed by atoms with van der Waals surface area (Å²) >= 11 is 0. The third-order valence-corrected chi connectivity index (χ3v) is 9.41. The second-order valence-electron chi connectivity index (χ2n) is 15.0. The molecule has 57 heavy (non-hydrogen) atoms. The molecule has 6 nitrogen and oxygen atoms in total. The van der Waals surface area contributed by atoms with Gasteiger partial charge < -0.3 is 14.2 Å². The van der Waals surface area contributed by atoms with Gasteiger partial charge >= 0.3 is 17.9 Å². The van der Waals surface area contributed by atoms with Crippen molar-refractivity contribution in [3.63, 3.8) is 0 Å². The SMILES string of the molecule is CC/C=C\C/C=C\C/C=C\CCCCC(=O)OC(COC(=O)CCCCC/C=C\C=C/CCCC)COC(=O)CCCCC/C=C\C=C/CCCCCCCCC. The van der Waals surface area contributed by atoms with Gasteiger partial charge in [0, 0.05) is 19.3 Å². The highest BCUT2D eigenvalue weighted by Gasteiger charge is 2.19. The summed E-state index contributed by atoms with van der Waals surface area (Å²) in [6.45, 7) is 6.35. The van der Waals surface area contributed by atoms with Crippen molar-refractivity contribution in [2.75, 3.05) is 13.2 Å². The molecule has 0 amide bonds. The summed E-state index contributed by atoms with van der Waals surface area (Å²) in [6.07, 6.45) is 57.2. The van der Waals surface area contributed by atoms with E-state index in [-0.39, 0.29) is 37.5 Å².